The monoisotopic (exact) mass is 279 g/mol. The lowest BCUT2D eigenvalue weighted by molar-refractivity contribution is -0.385. The molecule has 1 aromatic carbocycles. The summed E-state index contributed by atoms with van der Waals surface area (Å²) in [6, 6.07) is 4.73. The Balaban J connectivity index is 3.23. The number of hydrogen-bond acceptors (Lipinski definition) is 3. The molecule has 0 saturated carbocycles. The molecule has 1 rings (SSSR count). The summed E-state index contributed by atoms with van der Waals surface area (Å²) in [6.07, 6.45) is 0. The first-order valence-electron chi connectivity index (χ1n) is 3.13. The van der Waals surface area contributed by atoms with Crippen LogP contribution >= 0.6 is 22.6 Å². The predicted molar refractivity (Wildman–Crippen MR) is 52.4 cm³/mol. The van der Waals surface area contributed by atoms with E-state index < -0.39 is 4.92 Å². The molecule has 64 valence electrons. The van der Waals surface area contributed by atoms with Crippen LogP contribution in [0.1, 0.15) is 0 Å². The fourth-order valence-electron chi connectivity index (χ4n) is 0.798. The molecule has 1 aromatic rings. The van der Waals surface area contributed by atoms with Crippen molar-refractivity contribution < 1.29 is 9.66 Å². The van der Waals surface area contributed by atoms with Crippen LogP contribution in [-0.2, 0) is 0 Å². The van der Waals surface area contributed by atoms with Gasteiger partial charge in [0.05, 0.1) is 12.0 Å². The van der Waals surface area contributed by atoms with Gasteiger partial charge in [0.25, 0.3) is 5.69 Å². The largest absolute Gasteiger partial charge is 0.495 e. The zero-order chi connectivity index (χ0) is 9.14. The van der Waals surface area contributed by atoms with Crippen LogP contribution in [0.25, 0.3) is 0 Å². The van der Waals surface area contributed by atoms with Gasteiger partial charge in [-0.3, -0.25) is 10.1 Å². The second-order valence-corrected chi connectivity index (χ2v) is 3.13. The summed E-state index contributed by atoms with van der Waals surface area (Å²) in [4.78, 5) is 10.0. The molecule has 0 spiro atoms. The van der Waals surface area contributed by atoms with Crippen molar-refractivity contribution in [2.24, 2.45) is 0 Å². The van der Waals surface area contributed by atoms with E-state index >= 15 is 0 Å². The Morgan fingerprint density at radius 1 is 1.58 bits per heavy atom. The maximum Gasteiger partial charge on any atom is 0.286 e. The number of hydrogen-bond donors (Lipinski definition) is 0. The fourth-order valence-corrected chi connectivity index (χ4v) is 1.57. The van der Waals surface area contributed by atoms with Gasteiger partial charge in [-0.05, 0) is 28.7 Å². The number of ether oxygens (including phenoxy) is 1. The molecule has 0 aliphatic heterocycles. The van der Waals surface area contributed by atoms with Crippen molar-refractivity contribution >= 4 is 28.3 Å². The summed E-state index contributed by atoms with van der Waals surface area (Å²) in [5, 5.41) is 10.4. The second kappa shape index (κ2) is 3.70. The minimum Gasteiger partial charge on any atom is -0.495 e. The number of rotatable bonds is 2. The Morgan fingerprint density at radius 2 is 2.25 bits per heavy atom. The van der Waals surface area contributed by atoms with E-state index in [1.54, 1.807) is 12.1 Å². The Kier molecular flexibility index (Phi) is 2.85. The van der Waals surface area contributed by atoms with Crippen molar-refractivity contribution in [1.29, 1.82) is 0 Å². The Hall–Kier alpha value is -0.850. The van der Waals surface area contributed by atoms with Crippen molar-refractivity contribution in [3.05, 3.63) is 31.9 Å². The highest BCUT2D eigenvalue weighted by Gasteiger charge is 2.14. The maximum atomic E-state index is 10.4. The molecule has 0 aromatic heterocycles. The molecule has 0 saturated heterocycles. The molecule has 0 atom stereocenters. The van der Waals surface area contributed by atoms with Gasteiger partial charge in [0, 0.05) is 6.07 Å². The Morgan fingerprint density at radius 3 is 2.75 bits per heavy atom. The Labute approximate surface area is 82.8 Å². The molecule has 0 N–H and O–H groups in total. The van der Waals surface area contributed by atoms with Crippen molar-refractivity contribution in [3.63, 3.8) is 0 Å². The van der Waals surface area contributed by atoms with E-state index in [1.807, 2.05) is 22.6 Å². The molecule has 0 bridgehead atoms. The van der Waals surface area contributed by atoms with E-state index in [4.69, 9.17) is 4.74 Å². The van der Waals surface area contributed by atoms with Crippen LogP contribution in [0, 0.1) is 13.7 Å². The first-order chi connectivity index (χ1) is 5.66. The van der Waals surface area contributed by atoms with E-state index in [-0.39, 0.29) is 5.69 Å². The van der Waals surface area contributed by atoms with E-state index in [0.29, 0.717) is 9.32 Å². The third kappa shape index (κ3) is 1.66. The topological polar surface area (TPSA) is 52.4 Å². The highest BCUT2D eigenvalue weighted by Crippen LogP contribution is 2.28. The predicted octanol–water partition coefficient (Wildman–Crippen LogP) is 2.21. The van der Waals surface area contributed by atoms with Gasteiger partial charge in [-0.15, -0.1) is 0 Å². The van der Waals surface area contributed by atoms with Crippen molar-refractivity contribution in [3.8, 4) is 5.75 Å². The standard InChI is InChI=1S/C7H6INO3/c1-12-6-4-2-3-5(7(6)8)9(10)11/h2-4H,1H3. The van der Waals surface area contributed by atoms with Gasteiger partial charge >= 0.3 is 0 Å². The lowest BCUT2D eigenvalue weighted by Crippen LogP contribution is -1.94. The smallest absolute Gasteiger partial charge is 0.286 e. The van der Waals surface area contributed by atoms with Gasteiger partial charge in [0.1, 0.15) is 9.32 Å². The number of nitro benzene ring substituents is 1. The van der Waals surface area contributed by atoms with Crippen LogP contribution < -0.4 is 4.74 Å². The molecule has 5 heteroatoms. The molecule has 0 radical (unpaired) electrons. The van der Waals surface area contributed by atoms with Crippen LogP contribution in [0.15, 0.2) is 18.2 Å². The first kappa shape index (κ1) is 9.24. The lowest BCUT2D eigenvalue weighted by Gasteiger charge is -2.01. The minimum atomic E-state index is -0.426. The first-order valence-corrected chi connectivity index (χ1v) is 4.21. The van der Waals surface area contributed by atoms with Crippen molar-refractivity contribution in [2.45, 2.75) is 0 Å². The van der Waals surface area contributed by atoms with Gasteiger partial charge in [-0.1, -0.05) is 6.07 Å². The highest BCUT2D eigenvalue weighted by molar-refractivity contribution is 14.1. The van der Waals surface area contributed by atoms with Gasteiger partial charge in [0.15, 0.2) is 0 Å². The van der Waals surface area contributed by atoms with E-state index in [9.17, 15) is 10.1 Å². The number of nitrogens with zero attached hydrogens (tertiary/aromatic N) is 1. The molecule has 0 fully saturated rings. The van der Waals surface area contributed by atoms with E-state index in [1.165, 1.54) is 13.2 Å². The molecule has 0 amide bonds. The molecule has 0 unspecified atom stereocenters. The summed E-state index contributed by atoms with van der Waals surface area (Å²) in [5.41, 5.74) is 0.0787. The molecule has 12 heavy (non-hydrogen) atoms. The van der Waals surface area contributed by atoms with E-state index in [2.05, 4.69) is 0 Å². The normalized spacial score (nSPS) is 9.50. The zero-order valence-electron chi connectivity index (χ0n) is 6.28. The molecular formula is C7H6INO3. The summed E-state index contributed by atoms with van der Waals surface area (Å²) >= 11 is 1.89. The average Bonchev–Trinajstić information content (AvgIpc) is 2.04. The van der Waals surface area contributed by atoms with Crippen LogP contribution in [-0.4, -0.2) is 12.0 Å². The quantitative estimate of drug-likeness (QED) is 0.474. The van der Waals surface area contributed by atoms with Gasteiger partial charge < -0.3 is 4.74 Å². The summed E-state index contributed by atoms with van der Waals surface area (Å²) in [5.74, 6) is 0.532. The van der Waals surface area contributed by atoms with Gasteiger partial charge in [0.2, 0.25) is 0 Å². The molecular weight excluding hydrogens is 273 g/mol. The Bertz CT molecular complexity index is 314. The molecule has 4 nitrogen and oxygen atoms in total. The number of halogens is 1. The molecule has 0 heterocycles. The minimum absolute atomic E-state index is 0.0787. The number of methoxy groups -OCH3 is 1. The van der Waals surface area contributed by atoms with Crippen molar-refractivity contribution in [2.75, 3.05) is 7.11 Å². The average molecular weight is 279 g/mol. The van der Waals surface area contributed by atoms with Gasteiger partial charge in [-0.25, -0.2) is 0 Å². The van der Waals surface area contributed by atoms with Crippen LogP contribution in [0.2, 0.25) is 0 Å². The SMILES string of the molecule is COc1cccc([N+](=O)[O-])c1I. The third-order valence-corrected chi connectivity index (χ3v) is 2.44. The zero-order valence-corrected chi connectivity index (χ0v) is 8.44. The number of benzene rings is 1. The van der Waals surface area contributed by atoms with Crippen LogP contribution in [0.5, 0.6) is 5.75 Å². The fraction of sp³-hybridized carbons (Fsp3) is 0.143. The van der Waals surface area contributed by atoms with Gasteiger partial charge in [-0.2, -0.15) is 0 Å². The number of nitro groups is 1. The highest BCUT2D eigenvalue weighted by atomic mass is 127. The summed E-state index contributed by atoms with van der Waals surface area (Å²) in [6.45, 7) is 0. The molecule has 0 aliphatic rings. The lowest BCUT2D eigenvalue weighted by atomic mass is 10.3. The molecule has 0 aliphatic carbocycles. The maximum absolute atomic E-state index is 10.4. The second-order valence-electron chi connectivity index (χ2n) is 2.05. The van der Waals surface area contributed by atoms with E-state index in [0.717, 1.165) is 0 Å². The van der Waals surface area contributed by atoms with Crippen LogP contribution in [0.3, 0.4) is 0 Å². The summed E-state index contributed by atoms with van der Waals surface area (Å²) in [7, 11) is 1.49. The summed E-state index contributed by atoms with van der Waals surface area (Å²) < 4.78 is 5.45. The van der Waals surface area contributed by atoms with Crippen molar-refractivity contribution in [1.82, 2.24) is 0 Å². The third-order valence-electron chi connectivity index (χ3n) is 1.36. The van der Waals surface area contributed by atoms with Crippen LogP contribution in [0.4, 0.5) is 5.69 Å².